The number of nitriles is 2. The van der Waals surface area contributed by atoms with Crippen LogP contribution in [0.2, 0.25) is 0 Å². The summed E-state index contributed by atoms with van der Waals surface area (Å²) < 4.78 is 68.4. The number of unbranched alkanes of at least 4 members (excludes halogenated alkanes) is 1. The molecular formula is C53H53F4N9O6S2. The first kappa shape index (κ1) is 54.4. The molecule has 2 aromatic heterocycles. The predicted molar refractivity (Wildman–Crippen MR) is 273 cm³/mol. The summed E-state index contributed by atoms with van der Waals surface area (Å²) in [7, 11) is 0. The molecule has 386 valence electrons. The molecule has 2 N–H and O–H groups in total. The first-order valence-electron chi connectivity index (χ1n) is 23.6. The fraction of sp³-hybridized carbons (Fsp3) is 0.377. The van der Waals surface area contributed by atoms with Gasteiger partial charge >= 0.3 is 6.18 Å². The number of carbonyl (C=O) groups is 4. The number of nitrogens with zero attached hydrogens (tertiary/aromatic N) is 7. The van der Waals surface area contributed by atoms with E-state index in [2.05, 4.69) is 26.7 Å². The number of halogens is 4. The summed E-state index contributed by atoms with van der Waals surface area (Å²) in [4.78, 5) is 67.6. The fourth-order valence-corrected chi connectivity index (χ4v) is 10.1. The highest BCUT2D eigenvalue weighted by atomic mass is 32.1. The Hall–Kier alpha value is -7.33. The minimum atomic E-state index is -5.22. The van der Waals surface area contributed by atoms with Crippen LogP contribution in [0.4, 0.5) is 28.9 Å². The van der Waals surface area contributed by atoms with Crippen molar-refractivity contribution in [2.75, 3.05) is 36.2 Å². The number of ether oxygens (including phenoxy) is 2. The largest absolute Gasteiger partial charge is 0.492 e. The fourth-order valence-electron chi connectivity index (χ4n) is 8.77. The third-order valence-corrected chi connectivity index (χ3v) is 14.0. The zero-order valence-electron chi connectivity index (χ0n) is 41.4. The zero-order chi connectivity index (χ0) is 53.7. The molecule has 2 atom stereocenters. The van der Waals surface area contributed by atoms with Gasteiger partial charge in [0.25, 0.3) is 5.91 Å². The molecule has 0 aliphatic carbocycles. The van der Waals surface area contributed by atoms with Gasteiger partial charge in [-0.2, -0.15) is 23.7 Å². The number of hydrogen-bond donors (Lipinski definition) is 2. The van der Waals surface area contributed by atoms with Crippen LogP contribution in [0.1, 0.15) is 88.2 Å². The summed E-state index contributed by atoms with van der Waals surface area (Å²) in [6.45, 7) is 11.3. The van der Waals surface area contributed by atoms with Gasteiger partial charge in [-0.25, -0.2) is 9.37 Å². The summed E-state index contributed by atoms with van der Waals surface area (Å²) in [5.41, 5.74) is 0.584. The summed E-state index contributed by atoms with van der Waals surface area (Å²) in [5.74, 6) is -3.34. The highest BCUT2D eigenvalue weighted by Crippen LogP contribution is 2.42. The third kappa shape index (κ3) is 11.7. The molecule has 3 aromatic carbocycles. The molecule has 2 fully saturated rings. The molecule has 0 spiro atoms. The molecule has 2 aliphatic rings. The van der Waals surface area contributed by atoms with Crippen molar-refractivity contribution in [1.82, 2.24) is 25.5 Å². The van der Waals surface area contributed by atoms with Crippen LogP contribution in [-0.4, -0.2) is 87.6 Å². The van der Waals surface area contributed by atoms with Gasteiger partial charge in [0.2, 0.25) is 17.7 Å². The van der Waals surface area contributed by atoms with Gasteiger partial charge in [-0.3, -0.25) is 29.1 Å². The van der Waals surface area contributed by atoms with Crippen molar-refractivity contribution in [3.05, 3.63) is 112 Å². The van der Waals surface area contributed by atoms with Crippen LogP contribution >= 0.6 is 23.6 Å². The normalized spacial score (nSPS) is 15.9. The molecule has 21 heteroatoms. The van der Waals surface area contributed by atoms with E-state index in [4.69, 9.17) is 21.7 Å². The van der Waals surface area contributed by atoms with Crippen LogP contribution in [0.5, 0.6) is 5.75 Å². The van der Waals surface area contributed by atoms with E-state index in [0.717, 1.165) is 33.8 Å². The minimum absolute atomic E-state index is 0.218. The summed E-state index contributed by atoms with van der Waals surface area (Å²) >= 11 is 7.11. The van der Waals surface area contributed by atoms with E-state index in [1.54, 1.807) is 46.6 Å². The van der Waals surface area contributed by atoms with Crippen LogP contribution in [-0.2, 0) is 36.6 Å². The number of thiocarbonyl (C=S) groups is 1. The highest BCUT2D eigenvalue weighted by Gasteiger charge is 2.52. The number of aromatic nitrogens is 2. The SMILES string of the molecule is Cc1ncsc1-c1ccc(CNC(=O)C2CCCN2C(=O)C(NC(=O)COCCCCOc2ccc(-c3ccc(N4C(=S)N(c5ccc(C#N)c(C(F)(F)F)c5F)C(=O)C4(C)C)cn3)cc2C#N)C(C)(C)C)cc1. The van der Waals surface area contributed by atoms with Crippen LogP contribution < -0.4 is 25.2 Å². The van der Waals surface area contributed by atoms with Crippen LogP contribution in [0.15, 0.2) is 78.4 Å². The molecule has 4 heterocycles. The van der Waals surface area contributed by atoms with Crippen molar-refractivity contribution >= 4 is 63.7 Å². The van der Waals surface area contributed by atoms with Crippen molar-refractivity contribution in [1.29, 1.82) is 10.5 Å². The number of rotatable bonds is 17. The van der Waals surface area contributed by atoms with Crippen LogP contribution in [0.3, 0.4) is 0 Å². The van der Waals surface area contributed by atoms with Gasteiger partial charge in [0.05, 0.1) is 63.2 Å². The molecule has 15 nitrogen and oxygen atoms in total. The number of hydrogen-bond acceptors (Lipinski definition) is 12. The van der Waals surface area contributed by atoms with Gasteiger partial charge in [-0.1, -0.05) is 45.0 Å². The molecule has 2 unspecified atom stereocenters. The van der Waals surface area contributed by atoms with Crippen molar-refractivity contribution in [2.24, 2.45) is 5.41 Å². The number of carbonyl (C=O) groups excluding carboxylic acids is 4. The van der Waals surface area contributed by atoms with Crippen LogP contribution in [0.25, 0.3) is 21.7 Å². The molecule has 2 aliphatic heterocycles. The first-order valence-corrected chi connectivity index (χ1v) is 24.9. The van der Waals surface area contributed by atoms with E-state index >= 15 is 4.39 Å². The quantitative estimate of drug-likeness (QED) is 0.0511. The standard InChI is InChI=1S/C53H53F4N9O6S2/c1-31-45(74-30-62-31)33-13-11-32(12-14-33)27-61-47(68)40-10-9-21-64(40)48(69)46(51(2,3)4)63-42(67)29-71-22-7-8-23-72-41-20-16-34(24-36(41)26-59)38-18-17-37(28-60-38)66-50(73)65(49(70)52(66,5)6)39-19-15-35(25-58)43(44(39)54)53(55,56)57/h11-20,24,28,30,40,46H,7-10,21-23,27,29H2,1-6H3,(H,61,68)(H,63,67). The van der Waals surface area contributed by atoms with Gasteiger partial charge in [0.15, 0.2) is 10.9 Å². The Kier molecular flexibility index (Phi) is 16.5. The number of pyridine rings is 1. The van der Waals surface area contributed by atoms with Crippen molar-refractivity contribution in [3.8, 4) is 39.6 Å². The minimum Gasteiger partial charge on any atom is -0.492 e. The number of aryl methyl sites for hydroxylation is 1. The number of nitrogens with one attached hydrogen (secondary N) is 2. The zero-order valence-corrected chi connectivity index (χ0v) is 43.1. The second-order valence-electron chi connectivity index (χ2n) is 19.3. The second kappa shape index (κ2) is 22.4. The van der Waals surface area contributed by atoms with E-state index in [1.165, 1.54) is 31.0 Å². The summed E-state index contributed by atoms with van der Waals surface area (Å²) in [6.07, 6.45) is -1.62. The Morgan fingerprint density at radius 1 is 0.959 bits per heavy atom. The predicted octanol–water partition coefficient (Wildman–Crippen LogP) is 9.01. The van der Waals surface area contributed by atoms with E-state index in [-0.39, 0.29) is 48.0 Å². The number of thiazole rings is 1. The van der Waals surface area contributed by atoms with E-state index in [1.807, 2.05) is 57.5 Å². The molecule has 0 bridgehead atoms. The smallest absolute Gasteiger partial charge is 0.420 e. The van der Waals surface area contributed by atoms with Crippen molar-refractivity contribution < 1.29 is 46.2 Å². The average molecular weight is 1050 g/mol. The van der Waals surface area contributed by atoms with Gasteiger partial charge < -0.3 is 29.9 Å². The molecule has 2 saturated heterocycles. The van der Waals surface area contributed by atoms with Gasteiger partial charge in [0.1, 0.15) is 41.6 Å². The Labute approximate surface area is 435 Å². The molecule has 7 rings (SSSR count). The maximum atomic E-state index is 15.5. The van der Waals surface area contributed by atoms with E-state index < -0.39 is 63.7 Å². The lowest BCUT2D eigenvalue weighted by Crippen LogP contribution is -2.58. The van der Waals surface area contributed by atoms with Crippen molar-refractivity contribution in [2.45, 2.75) is 97.6 Å². The Balaban J connectivity index is 0.868. The first-order chi connectivity index (χ1) is 35.1. The third-order valence-electron chi connectivity index (χ3n) is 12.7. The molecule has 74 heavy (non-hydrogen) atoms. The number of likely N-dealkylation sites (tertiary alicyclic amines) is 1. The summed E-state index contributed by atoms with van der Waals surface area (Å²) in [6, 6.07) is 19.6. The van der Waals surface area contributed by atoms with E-state index in [9.17, 15) is 42.9 Å². The molecule has 5 aromatic rings. The number of alkyl halides is 3. The number of anilines is 2. The topological polar surface area (TPSA) is 194 Å². The molecular weight excluding hydrogens is 999 g/mol. The molecule has 0 radical (unpaired) electrons. The number of benzene rings is 3. The van der Waals surface area contributed by atoms with Gasteiger partial charge in [-0.15, -0.1) is 11.3 Å². The Morgan fingerprint density at radius 2 is 1.66 bits per heavy atom. The van der Waals surface area contributed by atoms with Crippen LogP contribution in [0, 0.1) is 40.8 Å². The van der Waals surface area contributed by atoms with Gasteiger partial charge in [-0.05, 0) is 118 Å². The lowest BCUT2D eigenvalue weighted by atomic mass is 9.85. The maximum absolute atomic E-state index is 15.5. The molecule has 0 saturated carbocycles. The number of amides is 4. The van der Waals surface area contributed by atoms with E-state index in [0.29, 0.717) is 60.7 Å². The maximum Gasteiger partial charge on any atom is 0.420 e. The second-order valence-corrected chi connectivity index (χ2v) is 20.5. The monoisotopic (exact) mass is 1050 g/mol. The van der Waals surface area contributed by atoms with Crippen molar-refractivity contribution in [3.63, 3.8) is 0 Å². The Morgan fingerprint density at radius 3 is 2.30 bits per heavy atom. The molecule has 4 amide bonds. The Bertz CT molecular complexity index is 3040. The highest BCUT2D eigenvalue weighted by molar-refractivity contribution is 7.81. The van der Waals surface area contributed by atoms with Gasteiger partial charge in [0, 0.05) is 25.3 Å². The lowest BCUT2D eigenvalue weighted by Gasteiger charge is -2.35. The summed E-state index contributed by atoms with van der Waals surface area (Å²) in [5, 5.41) is 24.7. The average Bonchev–Trinajstić information content (AvgIpc) is 4.08. The lowest BCUT2D eigenvalue weighted by molar-refractivity contribution is -0.144.